The zero-order valence-corrected chi connectivity index (χ0v) is 12.4. The zero-order valence-electron chi connectivity index (χ0n) is 11.7. The SMILES string of the molecule is CCN(CCCN(C)C)c1cc(Cl)ccc1C(=O)O. The maximum absolute atomic E-state index is 11.3. The molecule has 0 heterocycles. The molecule has 0 radical (unpaired) electrons. The summed E-state index contributed by atoms with van der Waals surface area (Å²) in [6.07, 6.45) is 0.979. The Morgan fingerprint density at radius 2 is 2.00 bits per heavy atom. The Bertz CT molecular complexity index is 435. The fraction of sp³-hybridized carbons (Fsp3) is 0.500. The number of rotatable bonds is 7. The smallest absolute Gasteiger partial charge is 0.337 e. The molecule has 5 heteroatoms. The van der Waals surface area contributed by atoms with Gasteiger partial charge in [-0.25, -0.2) is 4.79 Å². The van der Waals surface area contributed by atoms with Crippen LogP contribution in [0.25, 0.3) is 0 Å². The monoisotopic (exact) mass is 284 g/mol. The minimum atomic E-state index is -0.919. The molecular formula is C14H21ClN2O2. The molecule has 1 aromatic rings. The Hall–Kier alpha value is -1.26. The van der Waals surface area contributed by atoms with Gasteiger partial charge < -0.3 is 14.9 Å². The zero-order chi connectivity index (χ0) is 14.4. The van der Waals surface area contributed by atoms with Crippen LogP contribution in [0.15, 0.2) is 18.2 Å². The predicted octanol–water partition coefficient (Wildman–Crippen LogP) is 2.82. The molecule has 19 heavy (non-hydrogen) atoms. The standard InChI is InChI=1S/C14H21ClN2O2/c1-4-17(9-5-8-16(2)3)13-10-11(15)6-7-12(13)14(18)19/h6-7,10H,4-5,8-9H2,1-3H3,(H,18,19). The number of carboxylic acid groups (broad SMARTS) is 1. The second kappa shape index (κ2) is 7.36. The highest BCUT2D eigenvalue weighted by atomic mass is 35.5. The Morgan fingerprint density at radius 3 is 2.53 bits per heavy atom. The van der Waals surface area contributed by atoms with E-state index in [4.69, 9.17) is 11.6 Å². The van der Waals surface area contributed by atoms with E-state index in [1.54, 1.807) is 18.2 Å². The van der Waals surface area contributed by atoms with Gasteiger partial charge in [-0.1, -0.05) is 11.6 Å². The molecule has 0 amide bonds. The molecule has 0 fully saturated rings. The summed E-state index contributed by atoms with van der Waals surface area (Å²) in [5, 5.41) is 9.80. The number of carboxylic acids is 1. The van der Waals surface area contributed by atoms with Gasteiger partial charge in [0.15, 0.2) is 0 Å². The van der Waals surface area contributed by atoms with Crippen LogP contribution in [0.4, 0.5) is 5.69 Å². The van der Waals surface area contributed by atoms with Gasteiger partial charge >= 0.3 is 5.97 Å². The van der Waals surface area contributed by atoms with Crippen LogP contribution in [0.5, 0.6) is 0 Å². The van der Waals surface area contributed by atoms with Crippen LogP contribution in [0.2, 0.25) is 5.02 Å². The number of carbonyl (C=O) groups is 1. The Labute approximate surface area is 119 Å². The minimum absolute atomic E-state index is 0.302. The van der Waals surface area contributed by atoms with E-state index in [1.165, 1.54) is 0 Å². The fourth-order valence-electron chi connectivity index (χ4n) is 1.97. The van der Waals surface area contributed by atoms with E-state index in [0.29, 0.717) is 16.3 Å². The summed E-state index contributed by atoms with van der Waals surface area (Å²) in [6.45, 7) is 4.56. The van der Waals surface area contributed by atoms with E-state index in [-0.39, 0.29) is 0 Å². The molecule has 0 spiro atoms. The first kappa shape index (κ1) is 15.8. The lowest BCUT2D eigenvalue weighted by Gasteiger charge is -2.25. The number of hydrogen-bond acceptors (Lipinski definition) is 3. The highest BCUT2D eigenvalue weighted by molar-refractivity contribution is 6.31. The van der Waals surface area contributed by atoms with Crippen molar-refractivity contribution in [3.8, 4) is 0 Å². The van der Waals surface area contributed by atoms with Crippen molar-refractivity contribution in [1.82, 2.24) is 4.90 Å². The molecule has 0 bridgehead atoms. The van der Waals surface area contributed by atoms with E-state index in [0.717, 1.165) is 26.1 Å². The third-order valence-electron chi connectivity index (χ3n) is 2.95. The summed E-state index contributed by atoms with van der Waals surface area (Å²) in [6, 6.07) is 4.90. The van der Waals surface area contributed by atoms with Crippen molar-refractivity contribution < 1.29 is 9.90 Å². The van der Waals surface area contributed by atoms with Crippen molar-refractivity contribution in [3.05, 3.63) is 28.8 Å². The number of aromatic carboxylic acids is 1. The molecule has 1 rings (SSSR count). The van der Waals surface area contributed by atoms with Gasteiger partial charge in [0.2, 0.25) is 0 Å². The summed E-state index contributed by atoms with van der Waals surface area (Å²) >= 11 is 5.98. The van der Waals surface area contributed by atoms with Gasteiger partial charge in [0.25, 0.3) is 0 Å². The van der Waals surface area contributed by atoms with Crippen LogP contribution in [0.1, 0.15) is 23.7 Å². The number of benzene rings is 1. The molecule has 0 aliphatic carbocycles. The van der Waals surface area contributed by atoms with Gasteiger partial charge in [-0.2, -0.15) is 0 Å². The summed E-state index contributed by atoms with van der Waals surface area (Å²) in [4.78, 5) is 15.4. The Morgan fingerprint density at radius 1 is 1.32 bits per heavy atom. The number of anilines is 1. The summed E-state index contributed by atoms with van der Waals surface area (Å²) in [5.41, 5.74) is 0.998. The van der Waals surface area contributed by atoms with Crippen LogP contribution in [-0.2, 0) is 0 Å². The molecule has 0 aromatic heterocycles. The molecule has 1 N–H and O–H groups in total. The van der Waals surface area contributed by atoms with Gasteiger partial charge in [0.05, 0.1) is 11.3 Å². The molecule has 0 saturated carbocycles. The van der Waals surface area contributed by atoms with Gasteiger partial charge in [-0.3, -0.25) is 0 Å². The summed E-state index contributed by atoms with van der Waals surface area (Å²) in [7, 11) is 4.05. The first-order chi connectivity index (χ1) is 8.95. The number of hydrogen-bond donors (Lipinski definition) is 1. The molecule has 0 atom stereocenters. The van der Waals surface area contributed by atoms with E-state index >= 15 is 0 Å². The Balaban J connectivity index is 2.90. The normalized spacial score (nSPS) is 10.8. The van der Waals surface area contributed by atoms with Crippen molar-refractivity contribution in [3.63, 3.8) is 0 Å². The average molecular weight is 285 g/mol. The molecule has 4 nitrogen and oxygen atoms in total. The van der Waals surface area contributed by atoms with Crippen molar-refractivity contribution in [2.45, 2.75) is 13.3 Å². The minimum Gasteiger partial charge on any atom is -0.478 e. The van der Waals surface area contributed by atoms with Crippen LogP contribution in [0.3, 0.4) is 0 Å². The lowest BCUT2D eigenvalue weighted by molar-refractivity contribution is 0.0697. The predicted molar refractivity (Wildman–Crippen MR) is 79.5 cm³/mol. The van der Waals surface area contributed by atoms with Gasteiger partial charge in [-0.15, -0.1) is 0 Å². The maximum atomic E-state index is 11.3. The van der Waals surface area contributed by atoms with Crippen LogP contribution < -0.4 is 4.90 Å². The number of halogens is 1. The van der Waals surface area contributed by atoms with Crippen LogP contribution in [-0.4, -0.2) is 49.7 Å². The third kappa shape index (κ3) is 4.73. The van der Waals surface area contributed by atoms with Gasteiger partial charge in [0.1, 0.15) is 0 Å². The lowest BCUT2D eigenvalue weighted by Crippen LogP contribution is -2.28. The average Bonchev–Trinajstić information content (AvgIpc) is 2.33. The molecule has 0 saturated heterocycles. The van der Waals surface area contributed by atoms with Crippen molar-refractivity contribution in [2.75, 3.05) is 38.6 Å². The molecule has 0 aliphatic rings. The lowest BCUT2D eigenvalue weighted by atomic mass is 10.1. The second-order valence-corrected chi connectivity index (χ2v) is 5.14. The molecular weight excluding hydrogens is 264 g/mol. The van der Waals surface area contributed by atoms with Crippen molar-refractivity contribution in [2.24, 2.45) is 0 Å². The summed E-state index contributed by atoms with van der Waals surface area (Å²) < 4.78 is 0. The van der Waals surface area contributed by atoms with Crippen LogP contribution >= 0.6 is 11.6 Å². The molecule has 0 aliphatic heterocycles. The van der Waals surface area contributed by atoms with Gasteiger partial charge in [0, 0.05) is 18.1 Å². The second-order valence-electron chi connectivity index (χ2n) is 4.70. The fourth-order valence-corrected chi connectivity index (χ4v) is 2.14. The Kier molecular flexibility index (Phi) is 6.12. The van der Waals surface area contributed by atoms with Crippen molar-refractivity contribution >= 4 is 23.3 Å². The largest absolute Gasteiger partial charge is 0.478 e. The van der Waals surface area contributed by atoms with Crippen LogP contribution in [0, 0.1) is 0 Å². The first-order valence-electron chi connectivity index (χ1n) is 6.38. The summed E-state index contributed by atoms with van der Waals surface area (Å²) in [5.74, 6) is -0.919. The molecule has 106 valence electrons. The first-order valence-corrected chi connectivity index (χ1v) is 6.76. The topological polar surface area (TPSA) is 43.8 Å². The van der Waals surface area contributed by atoms with E-state index in [1.807, 2.05) is 21.0 Å². The highest BCUT2D eigenvalue weighted by Gasteiger charge is 2.15. The van der Waals surface area contributed by atoms with E-state index < -0.39 is 5.97 Å². The molecule has 0 unspecified atom stereocenters. The maximum Gasteiger partial charge on any atom is 0.337 e. The van der Waals surface area contributed by atoms with E-state index in [9.17, 15) is 9.90 Å². The van der Waals surface area contributed by atoms with Crippen molar-refractivity contribution in [1.29, 1.82) is 0 Å². The third-order valence-corrected chi connectivity index (χ3v) is 3.18. The quantitative estimate of drug-likeness (QED) is 0.836. The van der Waals surface area contributed by atoms with E-state index in [2.05, 4.69) is 9.80 Å². The highest BCUT2D eigenvalue weighted by Crippen LogP contribution is 2.25. The molecule has 1 aromatic carbocycles. The number of nitrogens with zero attached hydrogens (tertiary/aromatic N) is 2. The van der Waals surface area contributed by atoms with Gasteiger partial charge in [-0.05, 0) is 52.2 Å².